The van der Waals surface area contributed by atoms with E-state index in [0.29, 0.717) is 0 Å². The number of hydrogen-bond acceptors (Lipinski definition) is 1. The molecule has 1 saturated carbocycles. The summed E-state index contributed by atoms with van der Waals surface area (Å²) in [6.45, 7) is 0. The summed E-state index contributed by atoms with van der Waals surface area (Å²) >= 11 is 6.02. The molecule has 1 aliphatic carbocycles. The third-order valence-electron chi connectivity index (χ3n) is 2.22. The Morgan fingerprint density at radius 3 is 2.67 bits per heavy atom. The van der Waals surface area contributed by atoms with Crippen LogP contribution in [0, 0.1) is 5.92 Å². The van der Waals surface area contributed by atoms with Gasteiger partial charge in [0.2, 0.25) is 0 Å². The summed E-state index contributed by atoms with van der Waals surface area (Å²) in [5.41, 5.74) is 0. The fourth-order valence-corrected chi connectivity index (χ4v) is 1.90. The molecule has 0 heterocycles. The maximum atomic E-state index is 10.2. The third-order valence-corrected chi connectivity index (χ3v) is 2.76. The molecule has 0 saturated heterocycles. The zero-order valence-electron chi connectivity index (χ0n) is 6.87. The molecule has 2 atom stereocenters. The van der Waals surface area contributed by atoms with Crippen LogP contribution in [0.5, 0.6) is 0 Å². The van der Waals surface area contributed by atoms with E-state index < -0.39 is 5.97 Å². The van der Waals surface area contributed by atoms with Crippen molar-refractivity contribution in [3.63, 3.8) is 0 Å². The summed E-state index contributed by atoms with van der Waals surface area (Å²) in [6, 6.07) is 0. The molecular weight excluding hydrogens is 176 g/mol. The highest BCUT2D eigenvalue weighted by atomic mass is 35.5. The van der Waals surface area contributed by atoms with Crippen LogP contribution < -0.4 is 0 Å². The van der Waals surface area contributed by atoms with Crippen LogP contribution in [0.3, 0.4) is 0 Å². The van der Waals surface area contributed by atoms with E-state index in [2.05, 4.69) is 0 Å². The molecule has 1 aliphatic rings. The minimum atomic E-state index is -0.885. The molecule has 1 rings (SSSR count). The van der Waals surface area contributed by atoms with Gasteiger partial charge in [0, 0.05) is 11.5 Å². The molecule has 0 aliphatic heterocycles. The Balaban J connectivity index is 2.43. The summed E-state index contributed by atoms with van der Waals surface area (Å²) in [5.74, 6) is -0.624. The molecule has 3 heteroatoms. The van der Waals surface area contributed by atoms with E-state index in [-0.39, 0.29) is 11.3 Å². The summed E-state index contributed by atoms with van der Waals surface area (Å²) in [7, 11) is 0. The molecule has 0 aromatic rings. The van der Waals surface area contributed by atoms with Crippen LogP contribution in [0.25, 0.3) is 0 Å². The summed E-state index contributed by atoms with van der Waals surface area (Å²) in [5, 5.41) is 8.53. The van der Waals surface area contributed by atoms with Gasteiger partial charge < -0.3 is 5.11 Å². The van der Waals surface area contributed by atoms with E-state index in [9.17, 15) is 4.79 Å². The lowest BCUT2D eigenvalue weighted by Gasteiger charge is -2.23. The topological polar surface area (TPSA) is 37.3 Å². The van der Waals surface area contributed by atoms with Crippen LogP contribution in [0.4, 0.5) is 0 Å². The van der Waals surface area contributed by atoms with Gasteiger partial charge in [0.05, 0.1) is 0 Å². The Morgan fingerprint density at radius 2 is 2.08 bits per heavy atom. The number of carboxylic acids is 1. The molecule has 68 valence electrons. The van der Waals surface area contributed by atoms with Crippen LogP contribution >= 0.6 is 11.6 Å². The lowest BCUT2D eigenvalue weighted by atomic mass is 9.88. The monoisotopic (exact) mass is 188 g/mol. The van der Waals surface area contributed by atoms with Gasteiger partial charge in [0.1, 0.15) is 0 Å². The Kier molecular flexibility index (Phi) is 3.60. The van der Waals surface area contributed by atoms with E-state index in [1.807, 2.05) is 0 Å². The van der Waals surface area contributed by atoms with Crippen LogP contribution in [0.1, 0.15) is 25.7 Å². The molecule has 1 N–H and O–H groups in total. The second kappa shape index (κ2) is 4.51. The largest absolute Gasteiger partial charge is 0.478 e. The molecule has 2 unspecified atom stereocenters. The standard InChI is InChI=1S/C9H13ClO2/c10-8-4-2-1-3-7(8)5-6-9(11)12/h5-8H,1-4H2,(H,11,12). The quantitative estimate of drug-likeness (QED) is 0.534. The van der Waals surface area contributed by atoms with Gasteiger partial charge in [-0.25, -0.2) is 4.79 Å². The van der Waals surface area contributed by atoms with E-state index in [1.165, 1.54) is 12.5 Å². The molecule has 0 aromatic heterocycles. The van der Waals surface area contributed by atoms with Gasteiger partial charge in [-0.2, -0.15) is 0 Å². The smallest absolute Gasteiger partial charge is 0.327 e. The minimum Gasteiger partial charge on any atom is -0.478 e. The first-order valence-corrected chi connectivity index (χ1v) is 4.69. The van der Waals surface area contributed by atoms with Crippen molar-refractivity contribution in [1.29, 1.82) is 0 Å². The highest BCUT2D eigenvalue weighted by Gasteiger charge is 2.20. The average Bonchev–Trinajstić information content (AvgIpc) is 2.03. The zero-order chi connectivity index (χ0) is 8.97. The Morgan fingerprint density at radius 1 is 1.42 bits per heavy atom. The van der Waals surface area contributed by atoms with Crippen molar-refractivity contribution >= 4 is 17.6 Å². The molecule has 2 nitrogen and oxygen atoms in total. The summed E-state index contributed by atoms with van der Waals surface area (Å²) < 4.78 is 0. The predicted molar refractivity (Wildman–Crippen MR) is 48.4 cm³/mol. The van der Waals surface area contributed by atoms with Gasteiger partial charge in [0.15, 0.2) is 0 Å². The first-order valence-electron chi connectivity index (χ1n) is 4.25. The number of carboxylic acid groups (broad SMARTS) is 1. The lowest BCUT2D eigenvalue weighted by molar-refractivity contribution is -0.131. The SMILES string of the molecule is O=C(O)C=CC1CCCCC1Cl. The molecule has 0 radical (unpaired) electrons. The van der Waals surface area contributed by atoms with Gasteiger partial charge in [-0.1, -0.05) is 18.9 Å². The average molecular weight is 189 g/mol. The first-order chi connectivity index (χ1) is 5.70. The van der Waals surface area contributed by atoms with E-state index in [0.717, 1.165) is 19.3 Å². The number of allylic oxidation sites excluding steroid dienone is 1. The highest BCUT2D eigenvalue weighted by Crippen LogP contribution is 2.29. The third kappa shape index (κ3) is 2.86. The summed E-state index contributed by atoms with van der Waals surface area (Å²) in [4.78, 5) is 10.2. The fraction of sp³-hybridized carbons (Fsp3) is 0.667. The number of alkyl halides is 1. The highest BCUT2D eigenvalue weighted by molar-refractivity contribution is 6.21. The van der Waals surface area contributed by atoms with Crippen molar-refractivity contribution in [2.75, 3.05) is 0 Å². The van der Waals surface area contributed by atoms with Crippen LogP contribution in [-0.2, 0) is 4.79 Å². The van der Waals surface area contributed by atoms with E-state index in [1.54, 1.807) is 6.08 Å². The number of aliphatic carboxylic acids is 1. The van der Waals surface area contributed by atoms with Gasteiger partial charge in [-0.3, -0.25) is 0 Å². The van der Waals surface area contributed by atoms with E-state index >= 15 is 0 Å². The van der Waals surface area contributed by atoms with Gasteiger partial charge in [0.25, 0.3) is 0 Å². The number of rotatable bonds is 2. The molecule has 0 spiro atoms. The molecule has 0 amide bonds. The first kappa shape index (κ1) is 9.59. The number of halogens is 1. The predicted octanol–water partition coefficient (Wildman–Crippen LogP) is 2.42. The number of carbonyl (C=O) groups is 1. The molecule has 0 aromatic carbocycles. The normalized spacial score (nSPS) is 30.8. The van der Waals surface area contributed by atoms with Crippen molar-refractivity contribution in [2.45, 2.75) is 31.1 Å². The molecule has 1 fully saturated rings. The van der Waals surface area contributed by atoms with Gasteiger partial charge in [-0.05, 0) is 18.8 Å². The van der Waals surface area contributed by atoms with Gasteiger partial charge in [-0.15, -0.1) is 11.6 Å². The lowest BCUT2D eigenvalue weighted by Crippen LogP contribution is -2.17. The van der Waals surface area contributed by atoms with Crippen LogP contribution in [0.15, 0.2) is 12.2 Å². The Labute approximate surface area is 77.2 Å². The van der Waals surface area contributed by atoms with Crippen molar-refractivity contribution in [2.24, 2.45) is 5.92 Å². The second-order valence-corrected chi connectivity index (χ2v) is 3.72. The minimum absolute atomic E-state index is 0.134. The Bertz CT molecular complexity index is 189. The van der Waals surface area contributed by atoms with Crippen molar-refractivity contribution < 1.29 is 9.90 Å². The zero-order valence-corrected chi connectivity index (χ0v) is 7.63. The maximum absolute atomic E-state index is 10.2. The van der Waals surface area contributed by atoms with Crippen molar-refractivity contribution in [1.82, 2.24) is 0 Å². The molecule has 12 heavy (non-hydrogen) atoms. The van der Waals surface area contributed by atoms with Crippen LogP contribution in [0.2, 0.25) is 0 Å². The Hall–Kier alpha value is -0.500. The second-order valence-electron chi connectivity index (χ2n) is 3.16. The molecular formula is C9H13ClO2. The van der Waals surface area contributed by atoms with Crippen molar-refractivity contribution in [3.05, 3.63) is 12.2 Å². The van der Waals surface area contributed by atoms with Crippen molar-refractivity contribution in [3.8, 4) is 0 Å². The number of hydrogen-bond donors (Lipinski definition) is 1. The fourth-order valence-electron chi connectivity index (χ4n) is 1.54. The molecule has 0 bridgehead atoms. The van der Waals surface area contributed by atoms with Gasteiger partial charge >= 0.3 is 5.97 Å². The van der Waals surface area contributed by atoms with E-state index in [4.69, 9.17) is 16.7 Å². The maximum Gasteiger partial charge on any atom is 0.327 e. The summed E-state index contributed by atoms with van der Waals surface area (Å²) in [6.07, 6.45) is 7.29. The van der Waals surface area contributed by atoms with Crippen LogP contribution in [-0.4, -0.2) is 16.5 Å².